The molecular formula is C10H13N3O2. The number of carbonyl (C=O) groups excluding carboxylic acids is 2. The number of aryl methyl sites for hydroxylation is 1. The van der Waals surface area contributed by atoms with Crippen LogP contribution in [0, 0.1) is 6.92 Å². The van der Waals surface area contributed by atoms with Crippen molar-refractivity contribution in [2.45, 2.75) is 13.8 Å². The van der Waals surface area contributed by atoms with Gasteiger partial charge in [-0.15, -0.1) is 0 Å². The molecule has 3 N–H and O–H groups in total. The van der Waals surface area contributed by atoms with E-state index < -0.39 is 6.03 Å². The number of hydrogen-bond acceptors (Lipinski definition) is 2. The van der Waals surface area contributed by atoms with Crippen LogP contribution in [0.2, 0.25) is 0 Å². The molecule has 0 unspecified atom stereocenters. The number of amides is 3. The molecule has 80 valence electrons. The van der Waals surface area contributed by atoms with Gasteiger partial charge in [0.1, 0.15) is 0 Å². The summed E-state index contributed by atoms with van der Waals surface area (Å²) < 4.78 is 0. The number of carbonyl (C=O) groups is 2. The molecular weight excluding hydrogens is 194 g/mol. The van der Waals surface area contributed by atoms with Crippen molar-refractivity contribution in [3.8, 4) is 0 Å². The molecule has 3 amide bonds. The molecule has 0 bridgehead atoms. The number of rotatable bonds is 1. The minimum Gasteiger partial charge on any atom is -0.306 e. The number of para-hydroxylation sites is 1. The second-order valence-corrected chi connectivity index (χ2v) is 3.08. The summed E-state index contributed by atoms with van der Waals surface area (Å²) in [5, 5.41) is 2.60. The van der Waals surface area contributed by atoms with Gasteiger partial charge in [0, 0.05) is 12.6 Å². The molecule has 15 heavy (non-hydrogen) atoms. The number of benzene rings is 1. The van der Waals surface area contributed by atoms with Crippen LogP contribution in [0.1, 0.15) is 12.5 Å². The smallest absolute Gasteiger partial charge is 0.306 e. The van der Waals surface area contributed by atoms with Gasteiger partial charge in [0.25, 0.3) is 0 Å². The van der Waals surface area contributed by atoms with Crippen LogP contribution in [0.4, 0.5) is 10.5 Å². The Kier molecular flexibility index (Phi) is 3.68. The predicted molar refractivity (Wildman–Crippen MR) is 57.2 cm³/mol. The third kappa shape index (κ3) is 3.68. The molecule has 1 aromatic carbocycles. The van der Waals surface area contributed by atoms with Crippen LogP contribution >= 0.6 is 0 Å². The molecule has 5 nitrogen and oxygen atoms in total. The lowest BCUT2D eigenvalue weighted by molar-refractivity contribution is -0.119. The number of hydrogen-bond donors (Lipinski definition) is 3. The SMILES string of the molecule is CC(=O)NNC(=O)Nc1ccccc1C. The van der Waals surface area contributed by atoms with Gasteiger partial charge in [-0.3, -0.25) is 10.2 Å². The normalized spacial score (nSPS) is 9.20. The van der Waals surface area contributed by atoms with Gasteiger partial charge in [0.15, 0.2) is 0 Å². The highest BCUT2D eigenvalue weighted by molar-refractivity contribution is 5.91. The second kappa shape index (κ2) is 4.99. The third-order valence-electron chi connectivity index (χ3n) is 1.75. The van der Waals surface area contributed by atoms with Crippen LogP contribution in [-0.2, 0) is 4.79 Å². The number of hydrazine groups is 1. The first kappa shape index (κ1) is 11.0. The topological polar surface area (TPSA) is 70.2 Å². The Morgan fingerprint density at radius 2 is 1.80 bits per heavy atom. The lowest BCUT2D eigenvalue weighted by Gasteiger charge is -2.09. The zero-order valence-electron chi connectivity index (χ0n) is 8.63. The van der Waals surface area contributed by atoms with Gasteiger partial charge in [-0.05, 0) is 18.6 Å². The average Bonchev–Trinajstić information content (AvgIpc) is 2.18. The van der Waals surface area contributed by atoms with Crippen molar-refractivity contribution in [2.24, 2.45) is 0 Å². The molecule has 1 rings (SSSR count). The highest BCUT2D eigenvalue weighted by atomic mass is 16.2. The van der Waals surface area contributed by atoms with Gasteiger partial charge in [-0.1, -0.05) is 18.2 Å². The molecule has 0 heterocycles. The van der Waals surface area contributed by atoms with Crippen molar-refractivity contribution in [1.29, 1.82) is 0 Å². The summed E-state index contributed by atoms with van der Waals surface area (Å²) in [7, 11) is 0. The molecule has 0 atom stereocenters. The number of urea groups is 1. The van der Waals surface area contributed by atoms with E-state index in [9.17, 15) is 9.59 Å². The highest BCUT2D eigenvalue weighted by Crippen LogP contribution is 2.12. The predicted octanol–water partition coefficient (Wildman–Crippen LogP) is 1.17. The van der Waals surface area contributed by atoms with E-state index in [0.29, 0.717) is 5.69 Å². The highest BCUT2D eigenvalue weighted by Gasteiger charge is 2.02. The van der Waals surface area contributed by atoms with E-state index in [2.05, 4.69) is 16.2 Å². The summed E-state index contributed by atoms with van der Waals surface area (Å²) in [5.74, 6) is -0.324. The van der Waals surface area contributed by atoms with Gasteiger partial charge in [-0.2, -0.15) is 0 Å². The fourth-order valence-electron chi connectivity index (χ4n) is 1.01. The standard InChI is InChI=1S/C10H13N3O2/c1-7-5-3-4-6-9(7)11-10(15)13-12-8(2)14/h3-6H,1-2H3,(H,12,14)(H2,11,13,15). The first-order valence-corrected chi connectivity index (χ1v) is 4.49. The van der Waals surface area contributed by atoms with E-state index in [1.54, 1.807) is 6.07 Å². The summed E-state index contributed by atoms with van der Waals surface area (Å²) in [6, 6.07) is 6.89. The molecule has 0 saturated heterocycles. The molecule has 1 aromatic rings. The molecule has 0 spiro atoms. The largest absolute Gasteiger partial charge is 0.337 e. The van der Waals surface area contributed by atoms with Crippen LogP contribution in [0.15, 0.2) is 24.3 Å². The fourth-order valence-corrected chi connectivity index (χ4v) is 1.01. The molecule has 0 aromatic heterocycles. The lowest BCUT2D eigenvalue weighted by atomic mass is 10.2. The summed E-state index contributed by atoms with van der Waals surface area (Å²) >= 11 is 0. The van der Waals surface area contributed by atoms with Crippen LogP contribution in [0.5, 0.6) is 0 Å². The Morgan fingerprint density at radius 1 is 1.13 bits per heavy atom. The quantitative estimate of drug-likeness (QED) is 0.605. The molecule has 0 saturated carbocycles. The maximum atomic E-state index is 11.2. The van der Waals surface area contributed by atoms with Crippen LogP contribution in [0.25, 0.3) is 0 Å². The van der Waals surface area contributed by atoms with E-state index >= 15 is 0 Å². The Bertz CT molecular complexity index is 377. The molecule has 5 heteroatoms. The Hall–Kier alpha value is -2.04. The van der Waals surface area contributed by atoms with Crippen molar-refractivity contribution in [3.63, 3.8) is 0 Å². The van der Waals surface area contributed by atoms with Crippen LogP contribution in [-0.4, -0.2) is 11.9 Å². The maximum absolute atomic E-state index is 11.2. The Balaban J connectivity index is 2.52. The van der Waals surface area contributed by atoms with Crippen LogP contribution < -0.4 is 16.2 Å². The maximum Gasteiger partial charge on any atom is 0.337 e. The Labute approximate surface area is 87.8 Å². The summed E-state index contributed by atoms with van der Waals surface area (Å²) in [5.41, 5.74) is 6.06. The van der Waals surface area contributed by atoms with Crippen molar-refractivity contribution in [2.75, 3.05) is 5.32 Å². The van der Waals surface area contributed by atoms with Gasteiger partial charge in [0.2, 0.25) is 5.91 Å². The zero-order valence-corrected chi connectivity index (χ0v) is 8.63. The van der Waals surface area contributed by atoms with Crippen molar-refractivity contribution < 1.29 is 9.59 Å². The third-order valence-corrected chi connectivity index (χ3v) is 1.75. The number of anilines is 1. The van der Waals surface area contributed by atoms with E-state index in [4.69, 9.17) is 0 Å². The average molecular weight is 207 g/mol. The zero-order chi connectivity index (χ0) is 11.3. The number of nitrogens with one attached hydrogen (secondary N) is 3. The summed E-state index contributed by atoms with van der Waals surface area (Å²) in [6.45, 7) is 3.20. The fraction of sp³-hybridized carbons (Fsp3) is 0.200. The molecule has 0 radical (unpaired) electrons. The summed E-state index contributed by atoms with van der Waals surface area (Å²) in [6.07, 6.45) is 0. The Morgan fingerprint density at radius 3 is 2.40 bits per heavy atom. The lowest BCUT2D eigenvalue weighted by Crippen LogP contribution is -2.42. The summed E-state index contributed by atoms with van der Waals surface area (Å²) in [4.78, 5) is 21.7. The first-order chi connectivity index (χ1) is 7.09. The minimum atomic E-state index is -0.473. The van der Waals surface area contributed by atoms with Gasteiger partial charge >= 0.3 is 6.03 Å². The van der Waals surface area contributed by atoms with E-state index in [1.165, 1.54) is 6.92 Å². The van der Waals surface area contributed by atoms with Crippen molar-refractivity contribution >= 4 is 17.6 Å². The van der Waals surface area contributed by atoms with E-state index in [1.807, 2.05) is 25.1 Å². The van der Waals surface area contributed by atoms with E-state index in [-0.39, 0.29) is 5.91 Å². The monoisotopic (exact) mass is 207 g/mol. The molecule has 0 aliphatic heterocycles. The minimum absolute atomic E-state index is 0.324. The second-order valence-electron chi connectivity index (χ2n) is 3.08. The molecule has 0 fully saturated rings. The van der Waals surface area contributed by atoms with Crippen molar-refractivity contribution in [1.82, 2.24) is 10.9 Å². The van der Waals surface area contributed by atoms with Gasteiger partial charge in [-0.25, -0.2) is 10.2 Å². The van der Waals surface area contributed by atoms with Crippen LogP contribution in [0.3, 0.4) is 0 Å². The van der Waals surface area contributed by atoms with Gasteiger partial charge in [0.05, 0.1) is 0 Å². The first-order valence-electron chi connectivity index (χ1n) is 4.49. The molecule has 0 aliphatic carbocycles. The van der Waals surface area contributed by atoms with Crippen molar-refractivity contribution in [3.05, 3.63) is 29.8 Å². The van der Waals surface area contributed by atoms with E-state index in [0.717, 1.165) is 5.56 Å². The van der Waals surface area contributed by atoms with Gasteiger partial charge < -0.3 is 5.32 Å². The molecule has 0 aliphatic rings.